The molecule has 3 nitrogen and oxygen atoms in total. The van der Waals surface area contributed by atoms with Crippen LogP contribution < -0.4 is 4.74 Å². The van der Waals surface area contributed by atoms with Gasteiger partial charge in [0.05, 0.1) is 6.61 Å². The first-order valence-electron chi connectivity index (χ1n) is 11.0. The monoisotopic (exact) mass is 448 g/mol. The summed E-state index contributed by atoms with van der Waals surface area (Å²) in [6, 6.07) is 4.09. The van der Waals surface area contributed by atoms with E-state index in [1.165, 1.54) is 6.08 Å². The molecule has 0 N–H and O–H groups in total. The predicted molar refractivity (Wildman–Crippen MR) is 129 cm³/mol. The minimum atomic E-state index is -2.56. The number of rotatable bonds is 8. The fourth-order valence-electron chi connectivity index (χ4n) is 3.07. The summed E-state index contributed by atoms with van der Waals surface area (Å²) >= 11 is 0. The predicted octanol–water partition coefficient (Wildman–Crippen LogP) is 7.39. The Morgan fingerprint density at radius 1 is 1.06 bits per heavy atom. The maximum absolute atomic E-state index is 13.0. The van der Waals surface area contributed by atoms with Crippen LogP contribution in [0.15, 0.2) is 42.0 Å². The molecule has 0 amide bonds. The summed E-state index contributed by atoms with van der Waals surface area (Å²) < 4.78 is 36.6. The summed E-state index contributed by atoms with van der Waals surface area (Å²) in [5, 5.41) is 0. The van der Waals surface area contributed by atoms with E-state index in [2.05, 4.69) is 47.6 Å². The van der Waals surface area contributed by atoms with Crippen molar-refractivity contribution in [3.63, 3.8) is 0 Å². The van der Waals surface area contributed by atoms with E-state index in [4.69, 9.17) is 9.47 Å². The zero-order chi connectivity index (χ0) is 24.7. The molecule has 1 rings (SSSR count). The molecule has 0 aromatic heterocycles. The quantitative estimate of drug-likeness (QED) is 0.236. The molecule has 0 aliphatic heterocycles. The van der Waals surface area contributed by atoms with Gasteiger partial charge in [0, 0.05) is 17.2 Å². The van der Waals surface area contributed by atoms with Gasteiger partial charge in [-0.2, -0.15) is 0 Å². The number of benzene rings is 1. The third-order valence-electron chi connectivity index (χ3n) is 4.88. The fraction of sp³-hybridized carbons (Fsp3) is 0.519. The van der Waals surface area contributed by atoms with Gasteiger partial charge in [0.25, 0.3) is 6.43 Å². The van der Waals surface area contributed by atoms with Gasteiger partial charge in [-0.3, -0.25) is 0 Å². The standard InChI is InChI=1S/C27H38F2O3/c1-10-31-24(30)14-18(2)12-11-13-19(3)21-15-20(26(4,5)6)16-22(27(7,8)9)25(21)32-17-23(28)29/h11-16,23H,10,17H2,1-9H3/b12-11+,18-14+,19-13-. The summed E-state index contributed by atoms with van der Waals surface area (Å²) in [5.74, 6) is 0.109. The maximum atomic E-state index is 13.0. The van der Waals surface area contributed by atoms with Crippen molar-refractivity contribution in [3.05, 3.63) is 58.7 Å². The number of esters is 1. The molecular formula is C27H38F2O3. The second-order valence-electron chi connectivity index (χ2n) is 9.95. The summed E-state index contributed by atoms with van der Waals surface area (Å²) in [4.78, 5) is 11.6. The molecule has 0 radical (unpaired) electrons. The lowest BCUT2D eigenvalue weighted by Gasteiger charge is -2.29. The molecule has 0 atom stereocenters. The molecule has 0 fully saturated rings. The molecule has 1 aromatic carbocycles. The molecule has 0 saturated carbocycles. The van der Waals surface area contributed by atoms with Crippen molar-refractivity contribution in [1.29, 1.82) is 0 Å². The highest BCUT2D eigenvalue weighted by atomic mass is 19.3. The van der Waals surface area contributed by atoms with E-state index in [0.717, 1.165) is 27.8 Å². The number of halogens is 2. The van der Waals surface area contributed by atoms with Crippen LogP contribution in [0.1, 0.15) is 79.0 Å². The smallest absolute Gasteiger partial charge is 0.330 e. The van der Waals surface area contributed by atoms with Crippen molar-refractivity contribution < 1.29 is 23.0 Å². The van der Waals surface area contributed by atoms with Crippen LogP contribution >= 0.6 is 0 Å². The second kappa shape index (κ2) is 11.4. The minimum absolute atomic E-state index is 0.120. The number of carbonyl (C=O) groups excluding carboxylic acids is 1. The van der Waals surface area contributed by atoms with Crippen LogP contribution in [-0.2, 0) is 20.4 Å². The van der Waals surface area contributed by atoms with Gasteiger partial charge in [-0.25, -0.2) is 13.6 Å². The van der Waals surface area contributed by atoms with Gasteiger partial charge in [-0.1, -0.05) is 65.8 Å². The van der Waals surface area contributed by atoms with Crippen molar-refractivity contribution >= 4 is 11.5 Å². The molecule has 0 spiro atoms. The van der Waals surface area contributed by atoms with Gasteiger partial charge in [0.2, 0.25) is 0 Å². The van der Waals surface area contributed by atoms with Gasteiger partial charge in [-0.15, -0.1) is 0 Å². The van der Waals surface area contributed by atoms with Crippen LogP contribution in [0, 0.1) is 0 Å². The highest BCUT2D eigenvalue weighted by Crippen LogP contribution is 2.41. The minimum Gasteiger partial charge on any atom is -0.487 e. The van der Waals surface area contributed by atoms with Crippen LogP contribution in [0.25, 0.3) is 5.57 Å². The first-order chi connectivity index (χ1) is 14.7. The summed E-state index contributed by atoms with van der Waals surface area (Å²) in [7, 11) is 0. The molecule has 0 heterocycles. The highest BCUT2D eigenvalue weighted by molar-refractivity contribution is 5.83. The van der Waals surface area contributed by atoms with E-state index >= 15 is 0 Å². The fourth-order valence-corrected chi connectivity index (χ4v) is 3.07. The van der Waals surface area contributed by atoms with Crippen LogP contribution in [0.5, 0.6) is 5.75 Å². The Labute approximate surface area is 192 Å². The van der Waals surface area contributed by atoms with Crippen LogP contribution in [0.4, 0.5) is 8.78 Å². The van der Waals surface area contributed by atoms with E-state index in [1.54, 1.807) is 13.0 Å². The number of hydrogen-bond acceptors (Lipinski definition) is 3. The Bertz CT molecular complexity index is 879. The topological polar surface area (TPSA) is 35.5 Å². The zero-order valence-corrected chi connectivity index (χ0v) is 20.9. The third kappa shape index (κ3) is 8.60. The molecule has 0 aliphatic rings. The molecule has 0 bridgehead atoms. The molecular weight excluding hydrogens is 410 g/mol. The molecule has 32 heavy (non-hydrogen) atoms. The van der Waals surface area contributed by atoms with Crippen LogP contribution in [0.3, 0.4) is 0 Å². The average Bonchev–Trinajstić information content (AvgIpc) is 2.64. The van der Waals surface area contributed by atoms with Gasteiger partial charge in [0.15, 0.2) is 0 Å². The summed E-state index contributed by atoms with van der Waals surface area (Å²) in [5.41, 5.74) is 4.02. The second-order valence-corrected chi connectivity index (χ2v) is 9.95. The van der Waals surface area contributed by atoms with E-state index in [-0.39, 0.29) is 16.8 Å². The van der Waals surface area contributed by atoms with E-state index in [9.17, 15) is 13.6 Å². The number of hydrogen-bond donors (Lipinski definition) is 0. The van der Waals surface area contributed by atoms with Crippen molar-refractivity contribution in [2.45, 2.75) is 79.6 Å². The van der Waals surface area contributed by atoms with Gasteiger partial charge >= 0.3 is 5.97 Å². The van der Waals surface area contributed by atoms with E-state index < -0.39 is 13.0 Å². The van der Waals surface area contributed by atoms with Crippen molar-refractivity contribution in [2.75, 3.05) is 13.2 Å². The normalized spacial score (nSPS) is 13.8. The van der Waals surface area contributed by atoms with E-state index in [0.29, 0.717) is 12.4 Å². The summed E-state index contributed by atoms with van der Waals surface area (Å²) in [6.07, 6.45) is 4.40. The maximum Gasteiger partial charge on any atom is 0.330 e. The zero-order valence-electron chi connectivity index (χ0n) is 20.9. The molecule has 0 aliphatic carbocycles. The van der Waals surface area contributed by atoms with Crippen molar-refractivity contribution in [1.82, 2.24) is 0 Å². The first kappa shape index (κ1) is 27.6. The van der Waals surface area contributed by atoms with Gasteiger partial charge in [-0.05, 0) is 54.4 Å². The molecule has 5 heteroatoms. The van der Waals surface area contributed by atoms with Gasteiger partial charge < -0.3 is 9.47 Å². The average molecular weight is 449 g/mol. The third-order valence-corrected chi connectivity index (χ3v) is 4.88. The number of ether oxygens (including phenoxy) is 2. The lowest BCUT2D eigenvalue weighted by atomic mass is 9.78. The molecule has 178 valence electrons. The molecule has 0 unspecified atom stereocenters. The number of alkyl halides is 2. The van der Waals surface area contributed by atoms with Crippen LogP contribution in [0.2, 0.25) is 0 Å². The lowest BCUT2D eigenvalue weighted by Crippen LogP contribution is -2.20. The molecule has 1 aromatic rings. The first-order valence-corrected chi connectivity index (χ1v) is 11.0. The Kier molecular flexibility index (Phi) is 9.87. The highest BCUT2D eigenvalue weighted by Gasteiger charge is 2.27. The van der Waals surface area contributed by atoms with Crippen molar-refractivity contribution in [3.8, 4) is 5.75 Å². The van der Waals surface area contributed by atoms with Gasteiger partial charge in [0.1, 0.15) is 12.4 Å². The number of carbonyl (C=O) groups is 1. The Balaban J connectivity index is 3.54. The Hall–Kier alpha value is -2.43. The molecule has 0 saturated heterocycles. The van der Waals surface area contributed by atoms with Crippen molar-refractivity contribution in [2.24, 2.45) is 0 Å². The van der Waals surface area contributed by atoms with E-state index in [1.807, 2.05) is 32.1 Å². The Morgan fingerprint density at radius 3 is 2.19 bits per heavy atom. The largest absolute Gasteiger partial charge is 0.487 e. The summed E-state index contributed by atoms with van der Waals surface area (Å²) in [6.45, 7) is 17.7. The van der Waals surface area contributed by atoms with Crippen LogP contribution in [-0.4, -0.2) is 25.6 Å². The SMILES string of the molecule is CCOC(=O)/C=C(C)/C=C/C=C(/C)c1cc(C(C)(C)C)cc(C(C)(C)C)c1OCC(F)F. The Morgan fingerprint density at radius 2 is 1.69 bits per heavy atom. The lowest BCUT2D eigenvalue weighted by molar-refractivity contribution is -0.137. The number of allylic oxidation sites excluding steroid dienone is 5.